The minimum atomic E-state index is -0.487. The predicted molar refractivity (Wildman–Crippen MR) is 104 cm³/mol. The fraction of sp³-hybridized carbons (Fsp3) is 0.400. The third-order valence-corrected chi connectivity index (χ3v) is 4.11. The first-order chi connectivity index (χ1) is 12.0. The van der Waals surface area contributed by atoms with E-state index in [4.69, 9.17) is 0 Å². The molecule has 0 radical (unpaired) electrons. The number of ketones is 1. The molecule has 1 N–H and O–H groups in total. The van der Waals surface area contributed by atoms with E-state index in [0.717, 1.165) is 12.0 Å². The maximum atomic E-state index is 12.2. The third kappa shape index (κ3) is 4.88. The second-order valence-corrected chi connectivity index (χ2v) is 8.30. The van der Waals surface area contributed by atoms with Gasteiger partial charge in [-0.05, 0) is 41.0 Å². The minimum absolute atomic E-state index is 0.0899. The highest BCUT2D eigenvalue weighted by atomic mass is 16.6. The Labute approximate surface area is 153 Å². The molecule has 6 heteroatoms. The van der Waals surface area contributed by atoms with Crippen molar-refractivity contribution < 1.29 is 9.72 Å². The molecule has 1 aliphatic rings. The lowest BCUT2D eigenvalue weighted by Gasteiger charge is -2.34. The van der Waals surface area contributed by atoms with Gasteiger partial charge in [0, 0.05) is 6.07 Å². The number of rotatable bonds is 5. The third-order valence-electron chi connectivity index (χ3n) is 4.11. The summed E-state index contributed by atoms with van der Waals surface area (Å²) in [6, 6.07) is 6.20. The number of nitrogens with one attached hydrogen (secondary N) is 1. The molecular formula is C20H25N3O3. The highest BCUT2D eigenvalue weighted by Gasteiger charge is 2.30. The quantitative estimate of drug-likeness (QED) is 0.463. The zero-order valence-electron chi connectivity index (χ0n) is 15.9. The summed E-state index contributed by atoms with van der Waals surface area (Å²) in [7, 11) is 0. The summed E-state index contributed by atoms with van der Waals surface area (Å²) >= 11 is 0. The summed E-state index contributed by atoms with van der Waals surface area (Å²) in [5.41, 5.74) is 4.08. The van der Waals surface area contributed by atoms with Gasteiger partial charge < -0.3 is 0 Å². The SMILES string of the molecule is CC(C)(C)CC(C)(C)C1=C/C(=N/Nc2ccccc2[N+](=O)[O-])C(=O)C=C1. The van der Waals surface area contributed by atoms with Crippen molar-refractivity contribution in [2.45, 2.75) is 41.0 Å². The second-order valence-electron chi connectivity index (χ2n) is 8.30. The van der Waals surface area contributed by atoms with Gasteiger partial charge in [0.15, 0.2) is 0 Å². The van der Waals surface area contributed by atoms with Gasteiger partial charge in [0.05, 0.1) is 4.92 Å². The topological polar surface area (TPSA) is 84.6 Å². The molecule has 1 aromatic carbocycles. The van der Waals surface area contributed by atoms with E-state index in [1.165, 1.54) is 12.1 Å². The number of hydrazone groups is 1. The van der Waals surface area contributed by atoms with Crippen molar-refractivity contribution >= 4 is 22.9 Å². The monoisotopic (exact) mass is 355 g/mol. The van der Waals surface area contributed by atoms with Crippen LogP contribution in [0.2, 0.25) is 0 Å². The average molecular weight is 355 g/mol. The van der Waals surface area contributed by atoms with Gasteiger partial charge in [-0.15, -0.1) is 0 Å². The standard InChI is InChI=1S/C20H25N3O3/c1-19(2,3)13-20(4,5)14-10-11-18(24)16(12-14)22-21-15-8-6-7-9-17(15)23(25)26/h6-12,21H,13H2,1-5H3/b22-16-. The Morgan fingerprint density at radius 3 is 2.38 bits per heavy atom. The van der Waals surface area contributed by atoms with E-state index in [2.05, 4.69) is 45.1 Å². The van der Waals surface area contributed by atoms with Crippen molar-refractivity contribution in [2.75, 3.05) is 5.43 Å². The molecule has 0 fully saturated rings. The van der Waals surface area contributed by atoms with E-state index in [-0.39, 0.29) is 33.7 Å². The molecule has 1 aliphatic carbocycles. The number of anilines is 1. The molecule has 1 aromatic rings. The lowest BCUT2D eigenvalue weighted by atomic mass is 9.71. The molecule has 0 heterocycles. The fourth-order valence-corrected chi connectivity index (χ4v) is 3.30. The molecule has 0 aliphatic heterocycles. The molecule has 26 heavy (non-hydrogen) atoms. The van der Waals surface area contributed by atoms with Crippen LogP contribution >= 0.6 is 0 Å². The number of benzene rings is 1. The van der Waals surface area contributed by atoms with Crippen LogP contribution in [0, 0.1) is 20.9 Å². The lowest BCUT2D eigenvalue weighted by molar-refractivity contribution is -0.384. The fourth-order valence-electron chi connectivity index (χ4n) is 3.30. The minimum Gasteiger partial charge on any atom is -0.287 e. The Kier molecular flexibility index (Phi) is 5.44. The lowest BCUT2D eigenvalue weighted by Crippen LogP contribution is -2.25. The van der Waals surface area contributed by atoms with Crippen molar-refractivity contribution in [3.8, 4) is 0 Å². The van der Waals surface area contributed by atoms with Crippen LogP contribution in [0.3, 0.4) is 0 Å². The number of hydrogen-bond donors (Lipinski definition) is 1. The van der Waals surface area contributed by atoms with E-state index >= 15 is 0 Å². The number of carbonyl (C=O) groups excluding carboxylic acids is 1. The van der Waals surface area contributed by atoms with Crippen LogP contribution < -0.4 is 5.43 Å². The normalized spacial score (nSPS) is 16.6. The maximum absolute atomic E-state index is 12.2. The van der Waals surface area contributed by atoms with Gasteiger partial charge in [0.1, 0.15) is 11.4 Å². The van der Waals surface area contributed by atoms with Gasteiger partial charge >= 0.3 is 0 Å². The molecular weight excluding hydrogens is 330 g/mol. The van der Waals surface area contributed by atoms with Crippen molar-refractivity contribution in [1.29, 1.82) is 0 Å². The second kappa shape index (κ2) is 7.23. The van der Waals surface area contributed by atoms with Crippen molar-refractivity contribution in [3.05, 3.63) is 58.2 Å². The maximum Gasteiger partial charge on any atom is 0.294 e. The van der Waals surface area contributed by atoms with Crippen LogP contribution in [0.1, 0.15) is 41.0 Å². The summed E-state index contributed by atoms with van der Waals surface area (Å²) in [5.74, 6) is -0.230. The first-order valence-corrected chi connectivity index (χ1v) is 8.51. The number of nitrogens with zero attached hydrogens (tertiary/aromatic N) is 2. The molecule has 6 nitrogen and oxygen atoms in total. The van der Waals surface area contributed by atoms with Gasteiger partial charge in [-0.3, -0.25) is 20.3 Å². The Bertz CT molecular complexity index is 812. The van der Waals surface area contributed by atoms with Gasteiger partial charge in [0.2, 0.25) is 5.78 Å². The van der Waals surface area contributed by atoms with Crippen molar-refractivity contribution in [1.82, 2.24) is 0 Å². The number of nitro groups is 1. The summed E-state index contributed by atoms with van der Waals surface area (Å²) in [6.07, 6.45) is 6.03. The molecule has 0 aromatic heterocycles. The molecule has 2 rings (SSSR count). The van der Waals surface area contributed by atoms with Crippen LogP contribution in [-0.2, 0) is 4.79 Å². The largest absolute Gasteiger partial charge is 0.294 e. The predicted octanol–water partition coefficient (Wildman–Crippen LogP) is 4.89. The molecule has 0 saturated carbocycles. The molecule has 0 bridgehead atoms. The Morgan fingerprint density at radius 2 is 1.77 bits per heavy atom. The number of hydrogen-bond acceptors (Lipinski definition) is 5. The Balaban J connectivity index is 2.30. The van der Waals surface area contributed by atoms with E-state index in [1.54, 1.807) is 24.3 Å². The highest BCUT2D eigenvalue weighted by molar-refractivity contribution is 6.49. The smallest absolute Gasteiger partial charge is 0.287 e. The molecule has 0 atom stereocenters. The van der Waals surface area contributed by atoms with E-state index in [0.29, 0.717) is 0 Å². The van der Waals surface area contributed by atoms with Gasteiger partial charge in [-0.25, -0.2) is 0 Å². The number of nitro benzene ring substituents is 1. The number of allylic oxidation sites excluding steroid dienone is 4. The van der Waals surface area contributed by atoms with Crippen LogP contribution in [0.5, 0.6) is 0 Å². The van der Waals surface area contributed by atoms with Crippen molar-refractivity contribution in [3.63, 3.8) is 0 Å². The molecule has 138 valence electrons. The zero-order valence-corrected chi connectivity index (χ0v) is 15.9. The van der Waals surface area contributed by atoms with E-state index in [9.17, 15) is 14.9 Å². The number of carbonyl (C=O) groups is 1. The van der Waals surface area contributed by atoms with E-state index in [1.807, 2.05) is 6.08 Å². The molecule has 0 amide bonds. The van der Waals surface area contributed by atoms with Gasteiger partial charge in [-0.1, -0.05) is 52.8 Å². The first kappa shape index (κ1) is 19.6. The molecule has 0 spiro atoms. The van der Waals surface area contributed by atoms with E-state index < -0.39 is 4.92 Å². The summed E-state index contributed by atoms with van der Waals surface area (Å²) in [6.45, 7) is 10.8. The van der Waals surface area contributed by atoms with Gasteiger partial charge in [-0.2, -0.15) is 5.10 Å². The zero-order chi connectivity index (χ0) is 19.5. The first-order valence-electron chi connectivity index (χ1n) is 8.51. The van der Waals surface area contributed by atoms with Gasteiger partial charge in [0.25, 0.3) is 5.69 Å². The summed E-state index contributed by atoms with van der Waals surface area (Å²) in [5, 5.41) is 15.2. The molecule has 0 unspecified atom stereocenters. The van der Waals surface area contributed by atoms with Crippen LogP contribution in [0.15, 0.2) is 53.2 Å². The van der Waals surface area contributed by atoms with Crippen LogP contribution in [0.4, 0.5) is 11.4 Å². The Morgan fingerprint density at radius 1 is 1.12 bits per heavy atom. The summed E-state index contributed by atoms with van der Waals surface area (Å²) in [4.78, 5) is 22.7. The van der Waals surface area contributed by atoms with Crippen LogP contribution in [-0.4, -0.2) is 16.4 Å². The highest BCUT2D eigenvalue weighted by Crippen LogP contribution is 2.40. The number of para-hydroxylation sites is 2. The molecule has 0 saturated heterocycles. The summed E-state index contributed by atoms with van der Waals surface area (Å²) < 4.78 is 0. The van der Waals surface area contributed by atoms with Crippen molar-refractivity contribution in [2.24, 2.45) is 15.9 Å². The van der Waals surface area contributed by atoms with Crippen LogP contribution in [0.25, 0.3) is 0 Å². The average Bonchev–Trinajstić information content (AvgIpc) is 2.51. The Hall–Kier alpha value is -2.76.